The molecule has 0 spiro atoms. The van der Waals surface area contributed by atoms with E-state index < -0.39 is 33.9 Å². The zero-order chi connectivity index (χ0) is 18.6. The Bertz CT molecular complexity index is 692. The summed E-state index contributed by atoms with van der Waals surface area (Å²) in [6.45, 7) is -0.134. The van der Waals surface area contributed by atoms with Crippen molar-refractivity contribution >= 4 is 35.4 Å². The molecule has 2 rings (SSSR count). The number of esters is 1. The average molecular weight is 368 g/mol. The first-order valence-corrected chi connectivity index (χ1v) is 7.81. The molecule has 134 valence electrons. The van der Waals surface area contributed by atoms with Crippen LogP contribution in [0.25, 0.3) is 0 Å². The quantitative estimate of drug-likeness (QED) is 0.314. The van der Waals surface area contributed by atoms with Crippen molar-refractivity contribution in [2.75, 3.05) is 13.1 Å². The van der Waals surface area contributed by atoms with Crippen molar-refractivity contribution in [2.45, 2.75) is 19.1 Å². The third-order valence-electron chi connectivity index (χ3n) is 3.89. The fourth-order valence-corrected chi connectivity index (χ4v) is 2.85. The first-order valence-electron chi connectivity index (χ1n) is 7.36. The van der Waals surface area contributed by atoms with Gasteiger partial charge < -0.3 is 9.84 Å². The summed E-state index contributed by atoms with van der Waals surface area (Å²) in [5, 5.41) is 19.3. The number of thiol groups is 1. The van der Waals surface area contributed by atoms with Crippen molar-refractivity contribution in [3.63, 3.8) is 0 Å². The van der Waals surface area contributed by atoms with E-state index in [0.717, 1.165) is 0 Å². The number of hydrogen-bond donors (Lipinski definition) is 2. The smallest absolute Gasteiger partial charge is 0.320 e. The number of benzene rings is 1. The molecule has 10 heteroatoms. The second-order valence-electron chi connectivity index (χ2n) is 5.64. The number of hydrogen-bond acceptors (Lipinski definition) is 7. The first-order chi connectivity index (χ1) is 11.8. The lowest BCUT2D eigenvalue weighted by Crippen LogP contribution is -2.38. The van der Waals surface area contributed by atoms with Gasteiger partial charge in [0.15, 0.2) is 5.12 Å². The highest BCUT2D eigenvalue weighted by Gasteiger charge is 2.41. The summed E-state index contributed by atoms with van der Waals surface area (Å²) in [5.74, 6) is -2.34. The van der Waals surface area contributed by atoms with Crippen molar-refractivity contribution in [1.82, 2.24) is 4.90 Å². The predicted octanol–water partition coefficient (Wildman–Crippen LogP) is 0.869. The number of carbonyl (C=O) groups excluding carboxylic acids is 2. The number of non-ortho nitro benzene ring substituents is 1. The lowest BCUT2D eigenvalue weighted by atomic mass is 10.1. The Balaban J connectivity index is 1.93. The van der Waals surface area contributed by atoms with Crippen LogP contribution < -0.4 is 0 Å². The number of nitrogens with zero attached hydrogens (tertiary/aromatic N) is 2. The second kappa shape index (κ2) is 8.08. The Morgan fingerprint density at radius 3 is 2.48 bits per heavy atom. The first kappa shape index (κ1) is 18.9. The van der Waals surface area contributed by atoms with Crippen LogP contribution >= 0.6 is 12.6 Å². The number of nitro groups is 1. The molecule has 1 fully saturated rings. The van der Waals surface area contributed by atoms with Crippen LogP contribution in [0.3, 0.4) is 0 Å². The minimum atomic E-state index is -1.11. The minimum absolute atomic E-state index is 0.0511. The molecular weight excluding hydrogens is 352 g/mol. The van der Waals surface area contributed by atoms with Crippen LogP contribution in [-0.4, -0.2) is 51.1 Å². The zero-order valence-electron chi connectivity index (χ0n) is 13.0. The number of likely N-dealkylation sites (tertiary alicyclic amines) is 1. The van der Waals surface area contributed by atoms with Crippen LogP contribution in [0.2, 0.25) is 0 Å². The number of carbonyl (C=O) groups is 3. The van der Waals surface area contributed by atoms with E-state index in [1.807, 2.05) is 0 Å². The van der Waals surface area contributed by atoms with Gasteiger partial charge in [0.1, 0.15) is 12.6 Å². The fourth-order valence-electron chi connectivity index (χ4n) is 2.67. The van der Waals surface area contributed by atoms with Gasteiger partial charge in [0.2, 0.25) is 0 Å². The van der Waals surface area contributed by atoms with Crippen molar-refractivity contribution in [3.8, 4) is 0 Å². The monoisotopic (exact) mass is 368 g/mol. The summed E-state index contributed by atoms with van der Waals surface area (Å²) in [7, 11) is 0. The lowest BCUT2D eigenvalue weighted by Gasteiger charge is -2.18. The van der Waals surface area contributed by atoms with Crippen molar-refractivity contribution < 1.29 is 29.2 Å². The van der Waals surface area contributed by atoms with Gasteiger partial charge in [0.05, 0.1) is 17.4 Å². The maximum atomic E-state index is 12.1. The van der Waals surface area contributed by atoms with Gasteiger partial charge in [-0.2, -0.15) is 0 Å². The summed E-state index contributed by atoms with van der Waals surface area (Å²) < 4.78 is 5.16. The Morgan fingerprint density at radius 1 is 1.32 bits per heavy atom. The number of carboxylic acid groups (broad SMARTS) is 1. The molecule has 0 amide bonds. The molecule has 0 unspecified atom stereocenters. The van der Waals surface area contributed by atoms with Gasteiger partial charge in [-0.15, -0.1) is 12.6 Å². The molecule has 0 saturated carbocycles. The molecule has 0 aliphatic carbocycles. The third kappa shape index (κ3) is 5.00. The molecule has 0 radical (unpaired) electrons. The van der Waals surface area contributed by atoms with Crippen LogP contribution in [-0.2, 0) is 25.7 Å². The Labute approximate surface area is 148 Å². The van der Waals surface area contributed by atoms with Gasteiger partial charge >= 0.3 is 11.9 Å². The molecule has 9 nitrogen and oxygen atoms in total. The SMILES string of the molecule is O=C(S)CN1C[C@@H](C(=O)OCc2ccc([N+](=O)[O-])cc2)C[C@H]1C(=O)O. The highest BCUT2D eigenvalue weighted by molar-refractivity contribution is 7.96. The molecule has 1 saturated heterocycles. The summed E-state index contributed by atoms with van der Waals surface area (Å²) >= 11 is 3.64. The Morgan fingerprint density at radius 2 is 1.96 bits per heavy atom. The number of aliphatic carboxylic acids is 1. The topological polar surface area (TPSA) is 127 Å². The summed E-state index contributed by atoms with van der Waals surface area (Å²) in [4.78, 5) is 45.9. The number of nitro benzene ring substituents is 1. The van der Waals surface area contributed by atoms with Gasteiger partial charge in [0, 0.05) is 18.7 Å². The van der Waals surface area contributed by atoms with Gasteiger partial charge in [-0.25, -0.2) is 0 Å². The predicted molar refractivity (Wildman–Crippen MR) is 88.0 cm³/mol. The zero-order valence-corrected chi connectivity index (χ0v) is 13.9. The van der Waals surface area contributed by atoms with E-state index in [9.17, 15) is 29.6 Å². The van der Waals surface area contributed by atoms with Crippen LogP contribution in [0, 0.1) is 16.0 Å². The molecule has 1 aliphatic heterocycles. The maximum Gasteiger partial charge on any atom is 0.320 e. The average Bonchev–Trinajstić information content (AvgIpc) is 2.96. The summed E-state index contributed by atoms with van der Waals surface area (Å²) in [6, 6.07) is 4.63. The van der Waals surface area contributed by atoms with E-state index in [-0.39, 0.29) is 31.8 Å². The normalized spacial score (nSPS) is 20.2. The van der Waals surface area contributed by atoms with Crippen molar-refractivity contribution in [3.05, 3.63) is 39.9 Å². The lowest BCUT2D eigenvalue weighted by molar-refractivity contribution is -0.384. The molecule has 1 aromatic rings. The summed E-state index contributed by atoms with van der Waals surface area (Å²) in [6.07, 6.45) is 0.0511. The van der Waals surface area contributed by atoms with Crippen LogP contribution in [0.4, 0.5) is 5.69 Å². The van der Waals surface area contributed by atoms with Gasteiger partial charge in [-0.05, 0) is 24.1 Å². The molecule has 1 aromatic carbocycles. The largest absolute Gasteiger partial charge is 0.480 e. The molecule has 0 bridgehead atoms. The summed E-state index contributed by atoms with van der Waals surface area (Å²) in [5.41, 5.74) is 0.511. The van der Waals surface area contributed by atoms with Crippen LogP contribution in [0.1, 0.15) is 12.0 Å². The van der Waals surface area contributed by atoms with E-state index in [4.69, 9.17) is 4.74 Å². The minimum Gasteiger partial charge on any atom is -0.480 e. The molecule has 25 heavy (non-hydrogen) atoms. The van der Waals surface area contributed by atoms with Gasteiger partial charge in [-0.1, -0.05) is 0 Å². The maximum absolute atomic E-state index is 12.1. The molecule has 1 N–H and O–H groups in total. The highest BCUT2D eigenvalue weighted by Crippen LogP contribution is 2.25. The molecule has 1 aliphatic rings. The fraction of sp³-hybridized carbons (Fsp3) is 0.400. The Hall–Kier alpha value is -2.46. The van der Waals surface area contributed by atoms with Crippen molar-refractivity contribution in [2.24, 2.45) is 5.92 Å². The second-order valence-corrected chi connectivity index (χ2v) is 6.14. The van der Waals surface area contributed by atoms with Crippen LogP contribution in [0.15, 0.2) is 24.3 Å². The van der Waals surface area contributed by atoms with Crippen molar-refractivity contribution in [1.29, 1.82) is 0 Å². The van der Waals surface area contributed by atoms with E-state index in [1.54, 1.807) is 0 Å². The molecular formula is C15H16N2O7S. The van der Waals surface area contributed by atoms with Gasteiger partial charge in [-0.3, -0.25) is 29.4 Å². The van der Waals surface area contributed by atoms with E-state index in [1.165, 1.54) is 29.2 Å². The van der Waals surface area contributed by atoms with Crippen LogP contribution in [0.5, 0.6) is 0 Å². The highest BCUT2D eigenvalue weighted by atomic mass is 32.1. The van der Waals surface area contributed by atoms with E-state index in [0.29, 0.717) is 5.56 Å². The molecule has 2 atom stereocenters. The number of carboxylic acids is 1. The molecule has 1 heterocycles. The third-order valence-corrected chi connectivity index (χ3v) is 4.03. The van der Waals surface area contributed by atoms with E-state index in [2.05, 4.69) is 12.6 Å². The standard InChI is InChI=1S/C15H16N2O7S/c18-13(25)7-16-6-10(5-12(16)14(19)20)15(21)24-8-9-1-3-11(4-2-9)17(22)23/h1-4,10,12H,5-8H2,(H,18,25)(H,19,20)/t10-,12-/m0/s1. The van der Waals surface area contributed by atoms with Gasteiger partial charge in [0.25, 0.3) is 5.69 Å². The number of rotatable bonds is 7. The number of ether oxygens (including phenoxy) is 1. The van der Waals surface area contributed by atoms with E-state index >= 15 is 0 Å². The molecule has 0 aromatic heterocycles. The Kier molecular flexibility index (Phi) is 6.10.